The predicted octanol–water partition coefficient (Wildman–Crippen LogP) is 4.61. The molecule has 10 heteroatoms. The third-order valence-corrected chi connectivity index (χ3v) is 9.19. The summed E-state index contributed by atoms with van der Waals surface area (Å²) in [6, 6.07) is 5.36. The quantitative estimate of drug-likeness (QED) is 0.582. The number of rotatable bonds is 5. The zero-order valence-electron chi connectivity index (χ0n) is 23.1. The van der Waals surface area contributed by atoms with Gasteiger partial charge in [-0.05, 0) is 82.7 Å². The monoisotopic (exact) mass is 544 g/mol. The van der Waals surface area contributed by atoms with Crippen LogP contribution in [0.15, 0.2) is 28.6 Å². The first kappa shape index (κ1) is 28.3. The lowest BCUT2D eigenvalue weighted by atomic mass is 9.88. The minimum absolute atomic E-state index is 0.0854. The number of amides is 2. The number of nitrogens with one attached hydrogen (secondary N) is 1. The summed E-state index contributed by atoms with van der Waals surface area (Å²) in [7, 11) is -2.03. The minimum atomic E-state index is -3.67. The smallest absolute Gasteiger partial charge is 0.414 e. The highest BCUT2D eigenvalue weighted by Gasteiger charge is 2.48. The van der Waals surface area contributed by atoms with E-state index in [1.54, 1.807) is 25.3 Å². The van der Waals surface area contributed by atoms with Crippen molar-refractivity contribution < 1.29 is 22.7 Å². The fourth-order valence-electron chi connectivity index (χ4n) is 5.30. The third kappa shape index (κ3) is 6.29. The normalized spacial score (nSPS) is 21.0. The van der Waals surface area contributed by atoms with Crippen molar-refractivity contribution in [2.24, 2.45) is 10.9 Å². The molecule has 208 valence electrons. The highest BCUT2D eigenvalue weighted by atomic mass is 32.2. The summed E-state index contributed by atoms with van der Waals surface area (Å²) in [5.74, 6) is 1.04. The summed E-state index contributed by atoms with van der Waals surface area (Å²) in [6.07, 6.45) is 7.54. The Balaban J connectivity index is 1.39. The highest BCUT2D eigenvalue weighted by Crippen LogP contribution is 2.35. The largest absolute Gasteiger partial charge is 0.443 e. The van der Waals surface area contributed by atoms with Crippen molar-refractivity contribution in [1.82, 2.24) is 9.62 Å². The highest BCUT2D eigenvalue weighted by molar-refractivity contribution is 7.92. The minimum Gasteiger partial charge on any atom is -0.443 e. The Hall–Kier alpha value is -2.72. The van der Waals surface area contributed by atoms with Gasteiger partial charge in [-0.25, -0.2) is 13.2 Å². The van der Waals surface area contributed by atoms with Gasteiger partial charge in [0, 0.05) is 37.2 Å². The van der Waals surface area contributed by atoms with E-state index in [1.807, 2.05) is 33.8 Å². The van der Waals surface area contributed by atoms with Gasteiger partial charge < -0.3 is 10.1 Å². The van der Waals surface area contributed by atoms with Crippen LogP contribution >= 0.6 is 0 Å². The van der Waals surface area contributed by atoms with E-state index in [4.69, 9.17) is 9.73 Å². The zero-order chi connectivity index (χ0) is 27.7. The Bertz CT molecular complexity index is 1230. The molecule has 0 aromatic heterocycles. The number of aryl methyl sites for hydroxylation is 1. The maximum absolute atomic E-state index is 13.1. The number of carbonyl (C=O) groups excluding carboxylic acids is 2. The van der Waals surface area contributed by atoms with Crippen LogP contribution in [0, 0.1) is 12.8 Å². The van der Waals surface area contributed by atoms with Gasteiger partial charge in [-0.15, -0.1) is 0 Å². The van der Waals surface area contributed by atoms with Crippen molar-refractivity contribution >= 4 is 39.6 Å². The van der Waals surface area contributed by atoms with E-state index in [9.17, 15) is 18.0 Å². The van der Waals surface area contributed by atoms with Crippen molar-refractivity contribution in [3.8, 4) is 0 Å². The number of sulfonamides is 1. The van der Waals surface area contributed by atoms with Crippen LogP contribution in [0.2, 0.25) is 0 Å². The molecule has 1 aromatic carbocycles. The summed E-state index contributed by atoms with van der Waals surface area (Å²) >= 11 is 0. The van der Waals surface area contributed by atoms with Crippen LogP contribution in [-0.4, -0.2) is 61.8 Å². The summed E-state index contributed by atoms with van der Waals surface area (Å²) in [6.45, 7) is 7.80. The van der Waals surface area contributed by atoms with Gasteiger partial charge in [0.15, 0.2) is 0 Å². The average Bonchev–Trinajstić information content (AvgIpc) is 3.18. The molecule has 2 heterocycles. The Morgan fingerprint density at radius 2 is 1.84 bits per heavy atom. The Kier molecular flexibility index (Phi) is 8.04. The summed E-state index contributed by atoms with van der Waals surface area (Å²) < 4.78 is 33.0. The van der Waals surface area contributed by atoms with Crippen LogP contribution in [-0.2, 0) is 19.6 Å². The molecule has 38 heavy (non-hydrogen) atoms. The maximum atomic E-state index is 13.1. The molecular weight excluding hydrogens is 504 g/mol. The molecule has 0 unspecified atom stereocenters. The summed E-state index contributed by atoms with van der Waals surface area (Å²) in [4.78, 5) is 31.5. The fourth-order valence-corrected chi connectivity index (χ4v) is 6.48. The molecule has 9 nitrogen and oxygen atoms in total. The van der Waals surface area contributed by atoms with Gasteiger partial charge in [0.2, 0.25) is 10.0 Å². The molecule has 2 aliphatic heterocycles. The number of nitrogens with zero attached hydrogens (tertiary/aromatic N) is 3. The first-order chi connectivity index (χ1) is 17.8. The van der Waals surface area contributed by atoms with Gasteiger partial charge in [0.1, 0.15) is 17.0 Å². The maximum Gasteiger partial charge on any atom is 0.414 e. The Labute approximate surface area is 226 Å². The number of hydrogen-bond acceptors (Lipinski definition) is 6. The van der Waals surface area contributed by atoms with E-state index < -0.39 is 27.3 Å². The van der Waals surface area contributed by atoms with Gasteiger partial charge in [-0.2, -0.15) is 4.31 Å². The van der Waals surface area contributed by atoms with Gasteiger partial charge >= 0.3 is 6.09 Å². The van der Waals surface area contributed by atoms with Crippen molar-refractivity contribution in [2.45, 2.75) is 83.8 Å². The molecule has 2 amide bonds. The van der Waals surface area contributed by atoms with E-state index >= 15 is 0 Å². The Morgan fingerprint density at radius 3 is 2.45 bits per heavy atom. The molecule has 1 saturated carbocycles. The number of benzene rings is 1. The van der Waals surface area contributed by atoms with Crippen LogP contribution in [0.4, 0.5) is 10.5 Å². The van der Waals surface area contributed by atoms with Crippen LogP contribution < -0.4 is 10.2 Å². The van der Waals surface area contributed by atoms with Crippen molar-refractivity contribution in [1.29, 1.82) is 0 Å². The first-order valence-corrected chi connectivity index (χ1v) is 15.0. The van der Waals surface area contributed by atoms with Gasteiger partial charge in [0.25, 0.3) is 5.91 Å². The lowest BCUT2D eigenvalue weighted by Gasteiger charge is -2.34. The lowest BCUT2D eigenvalue weighted by molar-refractivity contribution is -0.125. The van der Waals surface area contributed by atoms with E-state index in [0.717, 1.165) is 42.6 Å². The second kappa shape index (κ2) is 10.8. The van der Waals surface area contributed by atoms with Crippen LogP contribution in [0.3, 0.4) is 0 Å². The fraction of sp³-hybridized carbons (Fsp3) is 0.607. The third-order valence-electron chi connectivity index (χ3n) is 7.63. The number of amidine groups is 1. The van der Waals surface area contributed by atoms with Crippen LogP contribution in [0.25, 0.3) is 6.08 Å². The van der Waals surface area contributed by atoms with Gasteiger partial charge in [-0.1, -0.05) is 25.3 Å². The van der Waals surface area contributed by atoms with E-state index in [-0.39, 0.29) is 19.0 Å². The molecule has 0 radical (unpaired) electrons. The van der Waals surface area contributed by atoms with E-state index in [2.05, 4.69) is 5.32 Å². The standard InChI is InChI=1S/C28H40N4O5S/c1-20-19-23(31(5)26(34)37-27(2,3)4)12-11-21(20)13-18-38(35,36)32-16-14-28(15-17-32)25(33)29-24(30-28)22-9-7-6-8-10-22/h11-13,18-19,22H,6-10,14-17H2,1-5H3,(H,29,30,33). The average molecular weight is 545 g/mol. The molecule has 1 N–H and O–H groups in total. The van der Waals surface area contributed by atoms with Gasteiger partial charge in [-0.3, -0.25) is 14.7 Å². The van der Waals surface area contributed by atoms with E-state index in [1.165, 1.54) is 21.0 Å². The number of aliphatic imine (C=N–C) groups is 1. The molecule has 0 bridgehead atoms. The second-order valence-electron chi connectivity index (χ2n) is 11.6. The number of piperidine rings is 1. The number of ether oxygens (including phenoxy) is 1. The SMILES string of the molecule is Cc1cc(N(C)C(=O)OC(C)(C)C)ccc1C=CS(=O)(=O)N1CCC2(CC1)N=C(C1CCCCC1)NC2=O. The molecule has 1 spiro atoms. The molecule has 1 aliphatic carbocycles. The molecule has 1 aromatic rings. The molecule has 1 saturated heterocycles. The molecule has 2 fully saturated rings. The summed E-state index contributed by atoms with van der Waals surface area (Å²) in [5, 5.41) is 4.24. The van der Waals surface area contributed by atoms with Crippen molar-refractivity contribution in [3.63, 3.8) is 0 Å². The molecule has 0 atom stereocenters. The summed E-state index contributed by atoms with van der Waals surface area (Å²) in [5.41, 5.74) is 0.780. The first-order valence-electron chi connectivity index (χ1n) is 13.5. The van der Waals surface area contributed by atoms with Crippen molar-refractivity contribution in [2.75, 3.05) is 25.0 Å². The zero-order valence-corrected chi connectivity index (χ0v) is 23.9. The number of hydrogen-bond donors (Lipinski definition) is 1. The predicted molar refractivity (Wildman–Crippen MR) is 149 cm³/mol. The number of anilines is 1. The molecular formula is C28H40N4O5S. The lowest BCUT2D eigenvalue weighted by Crippen LogP contribution is -2.50. The number of carbonyl (C=O) groups is 2. The second-order valence-corrected chi connectivity index (χ2v) is 13.5. The van der Waals surface area contributed by atoms with Crippen molar-refractivity contribution in [3.05, 3.63) is 34.7 Å². The molecule has 4 rings (SSSR count). The Morgan fingerprint density at radius 1 is 1.18 bits per heavy atom. The van der Waals surface area contributed by atoms with Crippen LogP contribution in [0.5, 0.6) is 0 Å². The van der Waals surface area contributed by atoms with Gasteiger partial charge in [0.05, 0.1) is 0 Å². The topological polar surface area (TPSA) is 108 Å². The molecule has 3 aliphatic rings. The van der Waals surface area contributed by atoms with E-state index in [0.29, 0.717) is 24.4 Å². The van der Waals surface area contributed by atoms with Crippen LogP contribution in [0.1, 0.15) is 76.8 Å².